The van der Waals surface area contributed by atoms with Gasteiger partial charge in [0.05, 0.1) is 19.2 Å². The molecule has 0 spiro atoms. The van der Waals surface area contributed by atoms with Gasteiger partial charge >= 0.3 is 0 Å². The molecular formula is C23H22N4O2. The number of rotatable bonds is 5. The first-order chi connectivity index (χ1) is 14.0. The predicted octanol–water partition coefficient (Wildman–Crippen LogP) is 4.36. The first-order valence-corrected chi connectivity index (χ1v) is 9.38. The summed E-state index contributed by atoms with van der Waals surface area (Å²) >= 11 is 0. The molecule has 1 N–H and O–H groups in total. The van der Waals surface area contributed by atoms with E-state index in [1.165, 1.54) is 0 Å². The Hall–Kier alpha value is -3.67. The molecule has 1 amide bonds. The minimum atomic E-state index is -0.162. The third-order valence-electron chi connectivity index (χ3n) is 4.91. The number of ether oxygens (including phenoxy) is 1. The van der Waals surface area contributed by atoms with E-state index in [2.05, 4.69) is 15.6 Å². The van der Waals surface area contributed by atoms with Crippen molar-refractivity contribution in [2.45, 2.75) is 20.4 Å². The second-order valence-electron chi connectivity index (χ2n) is 7.07. The monoisotopic (exact) mass is 386 g/mol. The average molecular weight is 386 g/mol. The van der Waals surface area contributed by atoms with Crippen molar-refractivity contribution >= 4 is 22.6 Å². The van der Waals surface area contributed by atoms with E-state index in [9.17, 15) is 4.79 Å². The van der Waals surface area contributed by atoms with E-state index in [1.807, 2.05) is 67.1 Å². The van der Waals surface area contributed by atoms with Gasteiger partial charge < -0.3 is 10.1 Å². The molecule has 0 saturated carbocycles. The van der Waals surface area contributed by atoms with Gasteiger partial charge in [-0.15, -0.1) is 5.10 Å². The fraction of sp³-hybridized carbons (Fsp3) is 0.174. The minimum absolute atomic E-state index is 0.162. The Labute approximate surface area is 169 Å². The van der Waals surface area contributed by atoms with Gasteiger partial charge in [0.15, 0.2) is 0 Å². The van der Waals surface area contributed by atoms with Crippen molar-refractivity contribution in [2.24, 2.45) is 0 Å². The van der Waals surface area contributed by atoms with E-state index in [0.29, 0.717) is 17.6 Å². The van der Waals surface area contributed by atoms with Crippen LogP contribution in [0.2, 0.25) is 0 Å². The van der Waals surface area contributed by atoms with E-state index in [0.717, 1.165) is 33.6 Å². The van der Waals surface area contributed by atoms with Crippen LogP contribution in [0.15, 0.2) is 60.7 Å². The number of hydrogen-bond acceptors (Lipinski definition) is 4. The number of nitrogens with zero attached hydrogens (tertiary/aromatic N) is 3. The first-order valence-electron chi connectivity index (χ1n) is 9.38. The van der Waals surface area contributed by atoms with Crippen LogP contribution in [-0.2, 0) is 6.54 Å². The molecule has 0 bridgehead atoms. The fourth-order valence-corrected chi connectivity index (χ4v) is 3.20. The molecule has 29 heavy (non-hydrogen) atoms. The highest BCUT2D eigenvalue weighted by Crippen LogP contribution is 2.20. The van der Waals surface area contributed by atoms with Gasteiger partial charge in [-0.25, -0.2) is 4.68 Å². The lowest BCUT2D eigenvalue weighted by Gasteiger charge is -2.09. The smallest absolute Gasteiger partial charge is 0.255 e. The number of aromatic nitrogens is 3. The highest BCUT2D eigenvalue weighted by Gasteiger charge is 2.12. The molecule has 4 rings (SSSR count). The lowest BCUT2D eigenvalue weighted by atomic mass is 10.1. The van der Waals surface area contributed by atoms with Crippen LogP contribution in [0.3, 0.4) is 0 Å². The third-order valence-corrected chi connectivity index (χ3v) is 4.91. The maximum absolute atomic E-state index is 12.7. The van der Waals surface area contributed by atoms with Crippen LogP contribution in [0, 0.1) is 13.8 Å². The van der Waals surface area contributed by atoms with Crippen LogP contribution in [0.4, 0.5) is 5.69 Å². The molecule has 1 aromatic heterocycles. The van der Waals surface area contributed by atoms with Gasteiger partial charge in [-0.05, 0) is 66.9 Å². The van der Waals surface area contributed by atoms with Crippen LogP contribution >= 0.6 is 0 Å². The van der Waals surface area contributed by atoms with Crippen LogP contribution < -0.4 is 10.1 Å². The Morgan fingerprint density at radius 2 is 1.83 bits per heavy atom. The van der Waals surface area contributed by atoms with E-state index in [1.54, 1.807) is 19.2 Å². The Balaban J connectivity index is 1.55. The normalized spacial score (nSPS) is 10.9. The second kappa shape index (κ2) is 7.75. The number of carbonyl (C=O) groups excluding carboxylic acids is 1. The van der Waals surface area contributed by atoms with Crippen LogP contribution in [0.5, 0.6) is 5.75 Å². The summed E-state index contributed by atoms with van der Waals surface area (Å²) in [5.41, 5.74) is 6.15. The van der Waals surface area contributed by atoms with Crippen LogP contribution in [0.1, 0.15) is 27.0 Å². The van der Waals surface area contributed by atoms with Crippen molar-refractivity contribution < 1.29 is 9.53 Å². The molecule has 0 aliphatic rings. The molecule has 6 heteroatoms. The number of amides is 1. The van der Waals surface area contributed by atoms with Crippen LogP contribution in [0.25, 0.3) is 11.0 Å². The van der Waals surface area contributed by atoms with Gasteiger partial charge in [-0.1, -0.05) is 29.5 Å². The van der Waals surface area contributed by atoms with Crippen molar-refractivity contribution in [3.63, 3.8) is 0 Å². The van der Waals surface area contributed by atoms with Gasteiger partial charge in [-0.2, -0.15) is 0 Å². The van der Waals surface area contributed by atoms with Crippen molar-refractivity contribution in [2.75, 3.05) is 12.4 Å². The molecule has 0 aliphatic carbocycles. The molecule has 0 saturated heterocycles. The number of nitrogens with one attached hydrogen (secondary N) is 1. The minimum Gasteiger partial charge on any atom is -0.497 e. The molecule has 3 aromatic carbocycles. The molecule has 4 aromatic rings. The molecular weight excluding hydrogens is 364 g/mol. The number of carbonyl (C=O) groups is 1. The van der Waals surface area contributed by atoms with Crippen LogP contribution in [-0.4, -0.2) is 28.0 Å². The van der Waals surface area contributed by atoms with E-state index in [4.69, 9.17) is 4.74 Å². The Morgan fingerprint density at radius 1 is 1.03 bits per heavy atom. The van der Waals surface area contributed by atoms with Gasteiger partial charge in [0, 0.05) is 11.3 Å². The molecule has 0 atom stereocenters. The number of benzene rings is 3. The summed E-state index contributed by atoms with van der Waals surface area (Å²) in [7, 11) is 1.65. The molecule has 6 nitrogen and oxygen atoms in total. The highest BCUT2D eigenvalue weighted by molar-refractivity contribution is 6.06. The maximum atomic E-state index is 12.7. The molecule has 146 valence electrons. The number of methoxy groups -OCH3 is 1. The zero-order valence-electron chi connectivity index (χ0n) is 16.6. The average Bonchev–Trinajstić information content (AvgIpc) is 3.13. The number of fused-ring (bicyclic) bond motifs is 1. The Kier molecular flexibility index (Phi) is 4.99. The number of hydrogen-bond donors (Lipinski definition) is 1. The zero-order chi connectivity index (χ0) is 20.4. The van der Waals surface area contributed by atoms with E-state index < -0.39 is 0 Å². The molecule has 0 fully saturated rings. The standard InChI is InChI=1S/C23H22N4O2/c1-15-4-5-16(2)20(12-15)24-23(28)18-8-11-22-21(13-18)25-26-27(22)14-17-6-9-19(29-3)10-7-17/h4-13H,14H2,1-3H3,(H,24,28). The summed E-state index contributed by atoms with van der Waals surface area (Å²) in [5, 5.41) is 11.5. The maximum Gasteiger partial charge on any atom is 0.255 e. The summed E-state index contributed by atoms with van der Waals surface area (Å²) < 4.78 is 7.02. The van der Waals surface area contributed by atoms with Crippen molar-refractivity contribution in [3.8, 4) is 5.75 Å². The van der Waals surface area contributed by atoms with E-state index >= 15 is 0 Å². The summed E-state index contributed by atoms with van der Waals surface area (Å²) in [4.78, 5) is 12.7. The summed E-state index contributed by atoms with van der Waals surface area (Å²) in [5.74, 6) is 0.655. The quantitative estimate of drug-likeness (QED) is 0.553. The highest BCUT2D eigenvalue weighted by atomic mass is 16.5. The topological polar surface area (TPSA) is 69.0 Å². The van der Waals surface area contributed by atoms with Gasteiger partial charge in [-0.3, -0.25) is 4.79 Å². The SMILES string of the molecule is COc1ccc(Cn2nnc3cc(C(=O)Nc4cc(C)ccc4C)ccc32)cc1. The van der Waals surface area contributed by atoms with E-state index in [-0.39, 0.29) is 5.91 Å². The van der Waals surface area contributed by atoms with Crippen molar-refractivity contribution in [1.82, 2.24) is 15.0 Å². The van der Waals surface area contributed by atoms with Gasteiger partial charge in [0.1, 0.15) is 11.3 Å². The third kappa shape index (κ3) is 3.96. The largest absolute Gasteiger partial charge is 0.497 e. The second-order valence-corrected chi connectivity index (χ2v) is 7.07. The number of aryl methyl sites for hydroxylation is 2. The Bertz CT molecular complexity index is 1180. The summed E-state index contributed by atoms with van der Waals surface area (Å²) in [6.45, 7) is 4.57. The molecule has 1 heterocycles. The van der Waals surface area contributed by atoms with Gasteiger partial charge in [0.25, 0.3) is 5.91 Å². The molecule has 0 unspecified atom stereocenters. The molecule has 0 aliphatic heterocycles. The first kappa shape index (κ1) is 18.7. The lowest BCUT2D eigenvalue weighted by molar-refractivity contribution is 0.102. The number of anilines is 1. The van der Waals surface area contributed by atoms with Crippen molar-refractivity contribution in [1.29, 1.82) is 0 Å². The summed E-state index contributed by atoms with van der Waals surface area (Å²) in [6, 6.07) is 19.3. The fourth-order valence-electron chi connectivity index (χ4n) is 3.20. The lowest BCUT2D eigenvalue weighted by Crippen LogP contribution is -2.13. The van der Waals surface area contributed by atoms with Crippen molar-refractivity contribution in [3.05, 3.63) is 82.9 Å². The van der Waals surface area contributed by atoms with Gasteiger partial charge in [0.2, 0.25) is 0 Å². The zero-order valence-corrected chi connectivity index (χ0v) is 16.6. The summed E-state index contributed by atoms with van der Waals surface area (Å²) in [6.07, 6.45) is 0. The predicted molar refractivity (Wildman–Crippen MR) is 113 cm³/mol. The molecule has 0 radical (unpaired) electrons. The Morgan fingerprint density at radius 3 is 2.59 bits per heavy atom.